The van der Waals surface area contributed by atoms with Gasteiger partial charge in [0.25, 0.3) is 6.71 Å². The number of rotatable bonds is 9. The van der Waals surface area contributed by atoms with Crippen molar-refractivity contribution in [1.29, 1.82) is 0 Å². The normalized spacial score (nSPS) is 12.8. The number of hydrogen-bond donors (Lipinski definition) is 0. The van der Waals surface area contributed by atoms with Gasteiger partial charge in [-0.05, 0) is 179 Å². The van der Waals surface area contributed by atoms with Crippen LogP contribution in [0.5, 0.6) is 0 Å². The number of para-hydroxylation sites is 4. The fourth-order valence-electron chi connectivity index (χ4n) is 16.8. The van der Waals surface area contributed by atoms with Crippen molar-refractivity contribution >= 4 is 123 Å². The maximum absolute atomic E-state index is 7.23. The van der Waals surface area contributed by atoms with Gasteiger partial charge in [0.05, 0.1) is 11.4 Å². The van der Waals surface area contributed by atoms with E-state index >= 15 is 0 Å². The fourth-order valence-corrected chi connectivity index (χ4v) is 16.8. The first-order chi connectivity index (χ1) is 50.8. The maximum Gasteiger partial charge on any atom is 0.252 e. The molecule has 0 aliphatic carbocycles. The van der Waals surface area contributed by atoms with Gasteiger partial charge in [-0.2, -0.15) is 0 Å². The van der Waals surface area contributed by atoms with E-state index in [1.54, 1.807) is 0 Å². The van der Waals surface area contributed by atoms with Crippen molar-refractivity contribution in [2.45, 2.75) is 52.4 Å². The maximum atomic E-state index is 7.23. The minimum absolute atomic E-state index is 0.255. The minimum Gasteiger partial charge on any atom is -0.456 e. The Morgan fingerprint density at radius 3 is 1.02 bits per heavy atom. The van der Waals surface area contributed by atoms with Gasteiger partial charge in [0, 0.05) is 82.9 Å². The van der Waals surface area contributed by atoms with Crippen LogP contribution in [0.25, 0.3) is 144 Å². The Hall–Kier alpha value is -12.6. The zero-order valence-corrected chi connectivity index (χ0v) is 58.8. The van der Waals surface area contributed by atoms with Gasteiger partial charge in [-0.3, -0.25) is 0 Å². The van der Waals surface area contributed by atoms with Crippen LogP contribution in [-0.2, 0) is 10.8 Å². The third-order valence-electron chi connectivity index (χ3n) is 21.9. The second-order valence-electron chi connectivity index (χ2n) is 30.3. The molecule has 0 bridgehead atoms. The number of fused-ring (bicyclic) bond motifs is 13. The van der Waals surface area contributed by atoms with E-state index in [1.807, 2.05) is 0 Å². The van der Waals surface area contributed by atoms with Crippen LogP contribution >= 0.6 is 0 Å². The summed E-state index contributed by atoms with van der Waals surface area (Å²) in [6.07, 6.45) is 0. The lowest BCUT2D eigenvalue weighted by Gasteiger charge is -2.46. The molecule has 5 heterocycles. The van der Waals surface area contributed by atoms with Crippen molar-refractivity contribution < 1.29 is 13.3 Å². The Morgan fingerprint density at radius 1 is 0.240 bits per heavy atom. The zero-order chi connectivity index (χ0) is 69.7. The van der Waals surface area contributed by atoms with Crippen LogP contribution in [0, 0.1) is 0 Å². The Labute approximate surface area is 605 Å². The molecule has 0 atom stereocenters. The van der Waals surface area contributed by atoms with Crippen molar-refractivity contribution in [1.82, 2.24) is 0 Å². The van der Waals surface area contributed by atoms with Gasteiger partial charge in [-0.25, -0.2) is 0 Å². The Kier molecular flexibility index (Phi) is 13.8. The number of nitrogens with zero attached hydrogens (tertiary/aromatic N) is 2. The Bertz CT molecular complexity index is 6170. The summed E-state index contributed by atoms with van der Waals surface area (Å²) in [6, 6.07) is 119. The van der Waals surface area contributed by atoms with Crippen LogP contribution in [0.2, 0.25) is 0 Å². The molecule has 0 fully saturated rings. The lowest BCUT2D eigenvalue weighted by molar-refractivity contribution is 0.590. The van der Waals surface area contributed by atoms with Crippen molar-refractivity contribution in [2.75, 3.05) is 9.80 Å². The quantitative estimate of drug-likeness (QED) is 0.135. The standard InChI is InChI=1S/C98H71BN2O3/c1-97(2,3)69-52-76(62-32-15-9-16-33-62)94(78(54-69)66-38-25-36-64(48-66)60-28-11-7-12-29-60)100-84-56-80-73-41-20-22-45-88(73)102-91(80)58-82(84)99-83-59-92-81(74-42-21-23-46-89(74)103-92)57-85(83)101(87-51-68(50-86(100)93(87)99)71-43-27-44-75-72-40-19-24-47-90(72)104-96(71)75)95-77(63-34-17-10-18-35-63)53-70(98(4,5)6)55-79(95)67-39-26-37-65(49-67)61-30-13-8-14-31-61/h7-59H,1-6H3. The SMILES string of the molecule is CC(C)(C)c1cc(-c2ccccc2)c(N2c3cc4c(cc3B3c5cc6oc7ccccc7c6cc5N(c5c(-c6ccccc6)cc(C(C)(C)C)cc5-c5cccc(-c6ccccc6)c5)c5cc(-c6cccc7c6oc6ccccc67)cc2c53)oc2ccccc24)c(-c2cccc(-c3ccccc3)c2)c1. The molecule has 0 radical (unpaired) electrons. The van der Waals surface area contributed by atoms with Gasteiger partial charge in [-0.1, -0.05) is 272 Å². The van der Waals surface area contributed by atoms with Gasteiger partial charge >= 0.3 is 0 Å². The van der Waals surface area contributed by atoms with E-state index in [4.69, 9.17) is 13.3 Å². The number of benzene rings is 15. The van der Waals surface area contributed by atoms with Crippen LogP contribution in [0.3, 0.4) is 0 Å². The second-order valence-corrected chi connectivity index (χ2v) is 30.3. The number of anilines is 6. The summed E-state index contributed by atoms with van der Waals surface area (Å²) in [5, 5.41) is 6.32. The largest absolute Gasteiger partial charge is 0.456 e. The Balaban J connectivity index is 1.00. The third kappa shape index (κ3) is 9.83. The lowest BCUT2D eigenvalue weighted by Crippen LogP contribution is -2.61. The van der Waals surface area contributed by atoms with Crippen LogP contribution in [-0.4, -0.2) is 6.71 Å². The molecule has 6 heteroatoms. The van der Waals surface area contributed by atoms with Gasteiger partial charge in [0.15, 0.2) is 0 Å². The molecule has 494 valence electrons. The first-order valence-corrected chi connectivity index (χ1v) is 36.2. The highest BCUT2D eigenvalue weighted by molar-refractivity contribution is 7.00. The molecular formula is C98H71BN2O3. The summed E-state index contributed by atoms with van der Waals surface area (Å²) >= 11 is 0. The lowest BCUT2D eigenvalue weighted by atomic mass is 9.33. The molecule has 2 aliphatic rings. The molecule has 0 amide bonds. The summed E-state index contributed by atoms with van der Waals surface area (Å²) in [4.78, 5) is 5.34. The molecule has 0 unspecified atom stereocenters. The molecule has 104 heavy (non-hydrogen) atoms. The van der Waals surface area contributed by atoms with Crippen molar-refractivity contribution in [2.24, 2.45) is 0 Å². The minimum atomic E-state index is -0.387. The molecule has 0 saturated heterocycles. The van der Waals surface area contributed by atoms with E-state index in [9.17, 15) is 0 Å². The molecule has 15 aromatic carbocycles. The second kappa shape index (κ2) is 23.5. The van der Waals surface area contributed by atoms with Gasteiger partial charge < -0.3 is 23.1 Å². The molecule has 18 aromatic rings. The van der Waals surface area contributed by atoms with E-state index < -0.39 is 0 Å². The zero-order valence-electron chi connectivity index (χ0n) is 58.8. The van der Waals surface area contributed by atoms with E-state index in [0.717, 1.165) is 194 Å². The van der Waals surface area contributed by atoms with Crippen LogP contribution in [0.4, 0.5) is 34.1 Å². The smallest absolute Gasteiger partial charge is 0.252 e. The average Bonchev–Trinajstić information content (AvgIpc) is 0.992. The average molecular weight is 1340 g/mol. The molecular weight excluding hydrogens is 1260 g/mol. The highest BCUT2D eigenvalue weighted by Gasteiger charge is 2.47. The fraction of sp³-hybridized carbons (Fsp3) is 0.0816. The summed E-state index contributed by atoms with van der Waals surface area (Å²) in [5.74, 6) is 0. The van der Waals surface area contributed by atoms with Crippen molar-refractivity contribution in [3.8, 4) is 77.9 Å². The van der Waals surface area contributed by atoms with Gasteiger partial charge in [0.1, 0.15) is 33.5 Å². The predicted octanol–water partition coefficient (Wildman–Crippen LogP) is 25.7. The van der Waals surface area contributed by atoms with Crippen LogP contribution in [0.1, 0.15) is 52.7 Å². The summed E-state index contributed by atoms with van der Waals surface area (Å²) in [6.45, 7) is 13.7. The third-order valence-corrected chi connectivity index (χ3v) is 21.9. The molecule has 20 rings (SSSR count). The van der Waals surface area contributed by atoms with Crippen LogP contribution in [0.15, 0.2) is 335 Å². The monoisotopic (exact) mass is 1330 g/mol. The van der Waals surface area contributed by atoms with E-state index in [-0.39, 0.29) is 17.5 Å². The molecule has 5 nitrogen and oxygen atoms in total. The molecule has 2 aliphatic heterocycles. The predicted molar refractivity (Wildman–Crippen MR) is 438 cm³/mol. The van der Waals surface area contributed by atoms with Crippen molar-refractivity contribution in [3.05, 3.63) is 333 Å². The molecule has 0 N–H and O–H groups in total. The van der Waals surface area contributed by atoms with Gasteiger partial charge in [-0.15, -0.1) is 0 Å². The summed E-state index contributed by atoms with van der Waals surface area (Å²) < 4.78 is 21.6. The van der Waals surface area contributed by atoms with Crippen LogP contribution < -0.4 is 26.2 Å². The molecule has 3 aromatic heterocycles. The topological polar surface area (TPSA) is 45.9 Å². The summed E-state index contributed by atoms with van der Waals surface area (Å²) in [5.41, 5.74) is 32.0. The Morgan fingerprint density at radius 2 is 0.587 bits per heavy atom. The van der Waals surface area contributed by atoms with E-state index in [2.05, 4.69) is 373 Å². The number of furan rings is 3. The van der Waals surface area contributed by atoms with Crippen molar-refractivity contribution in [3.63, 3.8) is 0 Å². The first kappa shape index (κ1) is 61.3. The molecule has 0 spiro atoms. The highest BCUT2D eigenvalue weighted by Crippen LogP contribution is 2.57. The van der Waals surface area contributed by atoms with Gasteiger partial charge in [0.2, 0.25) is 0 Å². The summed E-state index contributed by atoms with van der Waals surface area (Å²) in [7, 11) is 0. The van der Waals surface area contributed by atoms with E-state index in [1.165, 1.54) is 11.1 Å². The highest BCUT2D eigenvalue weighted by atomic mass is 16.3. The van der Waals surface area contributed by atoms with E-state index in [0.29, 0.717) is 0 Å². The first-order valence-electron chi connectivity index (χ1n) is 36.2. The molecule has 0 saturated carbocycles. The number of hydrogen-bond acceptors (Lipinski definition) is 5.